The van der Waals surface area contributed by atoms with Gasteiger partial charge in [-0.25, -0.2) is 17.2 Å². The SMILES string of the molecule is CS(=O)(=O)N(CC(=O)Nc1cccc(C#N)c1)c1ccc(F)cc1F. The maximum atomic E-state index is 13.9. The highest BCUT2D eigenvalue weighted by Gasteiger charge is 2.24. The first-order valence-corrected chi connectivity index (χ1v) is 8.78. The molecule has 0 heterocycles. The minimum absolute atomic E-state index is 0.289. The van der Waals surface area contributed by atoms with Gasteiger partial charge in [-0.15, -0.1) is 0 Å². The van der Waals surface area contributed by atoms with Crippen molar-refractivity contribution >= 4 is 27.3 Å². The average molecular weight is 365 g/mol. The molecule has 25 heavy (non-hydrogen) atoms. The summed E-state index contributed by atoms with van der Waals surface area (Å²) in [5, 5.41) is 11.3. The van der Waals surface area contributed by atoms with Crippen LogP contribution in [-0.2, 0) is 14.8 Å². The first kappa shape index (κ1) is 18.4. The van der Waals surface area contributed by atoms with Gasteiger partial charge in [-0.3, -0.25) is 9.10 Å². The normalized spacial score (nSPS) is 10.8. The van der Waals surface area contributed by atoms with E-state index in [1.807, 2.05) is 6.07 Å². The van der Waals surface area contributed by atoms with Crippen molar-refractivity contribution < 1.29 is 22.0 Å². The van der Waals surface area contributed by atoms with Crippen LogP contribution in [0.15, 0.2) is 42.5 Å². The summed E-state index contributed by atoms with van der Waals surface area (Å²) in [5.41, 5.74) is 0.157. The molecule has 0 saturated carbocycles. The molecule has 2 aromatic carbocycles. The van der Waals surface area contributed by atoms with E-state index in [1.165, 1.54) is 18.2 Å². The molecule has 1 N–H and O–H groups in total. The molecule has 6 nitrogen and oxygen atoms in total. The van der Waals surface area contributed by atoms with Crippen LogP contribution in [0.5, 0.6) is 0 Å². The van der Waals surface area contributed by atoms with Gasteiger partial charge in [0.15, 0.2) is 0 Å². The molecule has 0 aliphatic carbocycles. The second-order valence-corrected chi connectivity index (χ2v) is 7.01. The number of sulfonamides is 1. The van der Waals surface area contributed by atoms with Crippen LogP contribution in [-0.4, -0.2) is 27.1 Å². The number of nitrogens with one attached hydrogen (secondary N) is 1. The van der Waals surface area contributed by atoms with E-state index in [1.54, 1.807) is 6.07 Å². The standard InChI is InChI=1S/C16H13F2N3O3S/c1-25(23,24)21(15-6-5-12(17)8-14(15)18)10-16(22)20-13-4-2-3-11(7-13)9-19/h2-8H,10H2,1H3,(H,20,22). The van der Waals surface area contributed by atoms with Gasteiger partial charge in [0.25, 0.3) is 0 Å². The van der Waals surface area contributed by atoms with Crippen LogP contribution in [0, 0.1) is 23.0 Å². The number of halogens is 2. The molecule has 130 valence electrons. The Balaban J connectivity index is 2.25. The summed E-state index contributed by atoms with van der Waals surface area (Å²) in [5.74, 6) is -2.72. The number of hydrogen-bond donors (Lipinski definition) is 1. The Kier molecular flexibility index (Phi) is 5.34. The van der Waals surface area contributed by atoms with Crippen LogP contribution in [0.1, 0.15) is 5.56 Å². The van der Waals surface area contributed by atoms with Crippen molar-refractivity contribution in [2.75, 3.05) is 22.4 Å². The van der Waals surface area contributed by atoms with Gasteiger partial charge in [-0.1, -0.05) is 6.07 Å². The molecule has 0 unspecified atom stereocenters. The topological polar surface area (TPSA) is 90.3 Å². The minimum Gasteiger partial charge on any atom is -0.324 e. The van der Waals surface area contributed by atoms with E-state index >= 15 is 0 Å². The summed E-state index contributed by atoms with van der Waals surface area (Å²) in [6.45, 7) is -0.710. The minimum atomic E-state index is -4.00. The predicted molar refractivity (Wildman–Crippen MR) is 88.3 cm³/mol. The number of carbonyl (C=O) groups excluding carboxylic acids is 1. The molecule has 0 spiro atoms. The number of carbonyl (C=O) groups is 1. The first-order valence-electron chi connectivity index (χ1n) is 6.93. The maximum absolute atomic E-state index is 13.9. The van der Waals surface area contributed by atoms with Crippen molar-refractivity contribution in [2.45, 2.75) is 0 Å². The van der Waals surface area contributed by atoms with Crippen LogP contribution in [0.4, 0.5) is 20.2 Å². The zero-order chi connectivity index (χ0) is 18.6. The molecule has 2 aromatic rings. The van der Waals surface area contributed by atoms with Crippen LogP contribution in [0.25, 0.3) is 0 Å². The number of amides is 1. The van der Waals surface area contributed by atoms with Gasteiger partial charge in [0.05, 0.1) is 23.6 Å². The van der Waals surface area contributed by atoms with Crippen molar-refractivity contribution in [1.82, 2.24) is 0 Å². The van der Waals surface area contributed by atoms with E-state index in [4.69, 9.17) is 5.26 Å². The first-order chi connectivity index (χ1) is 11.7. The van der Waals surface area contributed by atoms with Crippen molar-refractivity contribution in [1.29, 1.82) is 5.26 Å². The average Bonchev–Trinajstić information content (AvgIpc) is 2.52. The molecule has 0 aromatic heterocycles. The molecular formula is C16H13F2N3O3S. The highest BCUT2D eigenvalue weighted by molar-refractivity contribution is 7.92. The molecule has 0 atom stereocenters. The third-order valence-corrected chi connectivity index (χ3v) is 4.27. The summed E-state index contributed by atoms with van der Waals surface area (Å²) in [6.07, 6.45) is 0.805. The zero-order valence-electron chi connectivity index (χ0n) is 13.0. The van der Waals surface area contributed by atoms with Gasteiger partial charge >= 0.3 is 0 Å². The van der Waals surface area contributed by atoms with E-state index in [2.05, 4.69) is 5.32 Å². The van der Waals surface area contributed by atoms with Crippen molar-refractivity contribution in [3.63, 3.8) is 0 Å². The lowest BCUT2D eigenvalue weighted by Gasteiger charge is -2.22. The molecule has 9 heteroatoms. The largest absolute Gasteiger partial charge is 0.324 e. The molecule has 0 radical (unpaired) electrons. The number of rotatable bonds is 5. The Morgan fingerprint density at radius 2 is 1.96 bits per heavy atom. The fourth-order valence-electron chi connectivity index (χ4n) is 2.06. The molecule has 0 saturated heterocycles. The Labute approximate surface area is 143 Å². The third-order valence-electron chi connectivity index (χ3n) is 3.14. The fourth-order valence-corrected chi connectivity index (χ4v) is 2.92. The van der Waals surface area contributed by atoms with Crippen molar-refractivity contribution in [3.8, 4) is 6.07 Å². The number of nitrogens with zero attached hydrogens (tertiary/aromatic N) is 2. The fraction of sp³-hybridized carbons (Fsp3) is 0.125. The van der Waals surface area contributed by atoms with Crippen molar-refractivity contribution in [2.24, 2.45) is 0 Å². The number of nitriles is 1. The summed E-state index contributed by atoms with van der Waals surface area (Å²) in [6, 6.07) is 10.3. The highest BCUT2D eigenvalue weighted by Crippen LogP contribution is 2.22. The van der Waals surface area contributed by atoms with Gasteiger partial charge in [-0.05, 0) is 30.3 Å². The van der Waals surface area contributed by atoms with Crippen LogP contribution in [0.3, 0.4) is 0 Å². The summed E-state index contributed by atoms with van der Waals surface area (Å²) >= 11 is 0. The quantitative estimate of drug-likeness (QED) is 0.880. The molecule has 0 aliphatic heterocycles. The Morgan fingerprint density at radius 1 is 1.24 bits per heavy atom. The van der Waals surface area contributed by atoms with Gasteiger partial charge in [0.2, 0.25) is 15.9 Å². The lowest BCUT2D eigenvalue weighted by Crippen LogP contribution is -2.38. The number of anilines is 2. The Bertz CT molecular complexity index is 955. The second kappa shape index (κ2) is 7.27. The van der Waals surface area contributed by atoms with Gasteiger partial charge in [-0.2, -0.15) is 5.26 Å². The number of benzene rings is 2. The van der Waals surface area contributed by atoms with Gasteiger partial charge in [0.1, 0.15) is 18.2 Å². The van der Waals surface area contributed by atoms with E-state index < -0.39 is 39.8 Å². The predicted octanol–water partition coefficient (Wildman–Crippen LogP) is 2.24. The van der Waals surface area contributed by atoms with Crippen molar-refractivity contribution in [3.05, 3.63) is 59.7 Å². The smallest absolute Gasteiger partial charge is 0.245 e. The monoisotopic (exact) mass is 365 g/mol. The summed E-state index contributed by atoms with van der Waals surface area (Å²) < 4.78 is 51.2. The zero-order valence-corrected chi connectivity index (χ0v) is 13.8. The summed E-state index contributed by atoms with van der Waals surface area (Å²) in [4.78, 5) is 12.1. The van der Waals surface area contributed by atoms with Gasteiger partial charge in [0, 0.05) is 11.8 Å². The van der Waals surface area contributed by atoms with E-state index in [9.17, 15) is 22.0 Å². The second-order valence-electron chi connectivity index (χ2n) is 5.11. The molecule has 2 rings (SSSR count). The molecule has 0 fully saturated rings. The van der Waals surface area contributed by atoms with Crippen LogP contribution < -0.4 is 9.62 Å². The Hall–Kier alpha value is -2.99. The third kappa shape index (κ3) is 4.74. The molecular weight excluding hydrogens is 352 g/mol. The molecule has 1 amide bonds. The molecule has 0 aliphatic rings. The van der Waals surface area contributed by atoms with Crippen LogP contribution in [0.2, 0.25) is 0 Å². The highest BCUT2D eigenvalue weighted by atomic mass is 32.2. The van der Waals surface area contributed by atoms with E-state index in [0.29, 0.717) is 15.9 Å². The lowest BCUT2D eigenvalue weighted by atomic mass is 10.2. The Morgan fingerprint density at radius 3 is 2.56 bits per heavy atom. The maximum Gasteiger partial charge on any atom is 0.245 e. The van der Waals surface area contributed by atoms with Gasteiger partial charge < -0.3 is 5.32 Å². The van der Waals surface area contributed by atoms with E-state index in [0.717, 1.165) is 18.4 Å². The van der Waals surface area contributed by atoms with E-state index in [-0.39, 0.29) is 5.69 Å². The molecule has 0 bridgehead atoms. The summed E-state index contributed by atoms with van der Waals surface area (Å²) in [7, 11) is -4.00. The number of hydrogen-bond acceptors (Lipinski definition) is 4. The lowest BCUT2D eigenvalue weighted by molar-refractivity contribution is -0.114. The van der Waals surface area contributed by atoms with Crippen LogP contribution >= 0.6 is 0 Å².